The van der Waals surface area contributed by atoms with Gasteiger partial charge in [0, 0.05) is 5.56 Å². The van der Waals surface area contributed by atoms with Crippen LogP contribution in [0, 0.1) is 0 Å². The second-order valence-electron chi connectivity index (χ2n) is 4.67. The summed E-state index contributed by atoms with van der Waals surface area (Å²) < 4.78 is 0. The van der Waals surface area contributed by atoms with Gasteiger partial charge < -0.3 is 4.98 Å². The minimum absolute atomic E-state index is 0.258. The summed E-state index contributed by atoms with van der Waals surface area (Å²) in [5, 5.41) is 0. The number of para-hydroxylation sites is 2. The summed E-state index contributed by atoms with van der Waals surface area (Å²) in [5.74, 6) is 0.498. The highest BCUT2D eigenvalue weighted by molar-refractivity contribution is 5.84. The third-order valence-corrected chi connectivity index (χ3v) is 3.26. The first-order valence-corrected chi connectivity index (χ1v) is 6.53. The fourth-order valence-corrected chi connectivity index (χ4v) is 2.25. The molecular weight excluding hydrogens is 264 g/mol. The van der Waals surface area contributed by atoms with E-state index < -0.39 is 0 Å². The van der Waals surface area contributed by atoms with Gasteiger partial charge in [-0.15, -0.1) is 0 Å². The minimum atomic E-state index is -0.280. The van der Waals surface area contributed by atoms with Gasteiger partial charge in [-0.3, -0.25) is 4.79 Å². The zero-order chi connectivity index (χ0) is 14.2. The van der Waals surface area contributed by atoms with Crippen LogP contribution >= 0.6 is 0 Å². The molecule has 1 N–H and O–H groups in total. The SMILES string of the molecule is O=c1[nH]c(-c2ccccc2)nc2nc3ccccc3nc12. The second kappa shape index (κ2) is 4.49. The van der Waals surface area contributed by atoms with Crippen LogP contribution in [0.4, 0.5) is 0 Å². The van der Waals surface area contributed by atoms with Gasteiger partial charge in [-0.1, -0.05) is 42.5 Å². The third-order valence-electron chi connectivity index (χ3n) is 3.26. The maximum atomic E-state index is 12.2. The van der Waals surface area contributed by atoms with Gasteiger partial charge in [-0.2, -0.15) is 0 Å². The Morgan fingerprint density at radius 3 is 2.19 bits per heavy atom. The molecule has 4 rings (SSSR count). The van der Waals surface area contributed by atoms with Gasteiger partial charge in [-0.25, -0.2) is 15.0 Å². The van der Waals surface area contributed by atoms with Crippen molar-refractivity contribution in [1.29, 1.82) is 0 Å². The van der Waals surface area contributed by atoms with Crippen LogP contribution in [0.25, 0.3) is 33.6 Å². The van der Waals surface area contributed by atoms with Gasteiger partial charge in [0.25, 0.3) is 5.56 Å². The molecule has 100 valence electrons. The van der Waals surface area contributed by atoms with E-state index in [1.54, 1.807) is 0 Å². The van der Waals surface area contributed by atoms with Crippen LogP contribution in [0.3, 0.4) is 0 Å². The number of aromatic amines is 1. The standard InChI is InChI=1S/C16H10N4O/c21-16-13-15(18-12-9-5-4-8-11(12)17-13)19-14(20-16)10-6-2-1-3-7-10/h1-9H,(H,18,19,20,21). The van der Waals surface area contributed by atoms with E-state index in [2.05, 4.69) is 19.9 Å². The van der Waals surface area contributed by atoms with E-state index in [0.29, 0.717) is 17.0 Å². The number of nitrogens with one attached hydrogen (secondary N) is 1. The zero-order valence-corrected chi connectivity index (χ0v) is 10.9. The number of aromatic nitrogens is 4. The molecule has 0 saturated heterocycles. The predicted octanol–water partition coefficient (Wildman–Crippen LogP) is 2.53. The Hall–Kier alpha value is -3.08. The van der Waals surface area contributed by atoms with Gasteiger partial charge in [0.15, 0.2) is 11.2 Å². The van der Waals surface area contributed by atoms with Gasteiger partial charge in [0.2, 0.25) is 0 Å². The Kier molecular flexibility index (Phi) is 2.50. The fourth-order valence-electron chi connectivity index (χ4n) is 2.25. The highest BCUT2D eigenvalue weighted by Crippen LogP contribution is 2.16. The maximum absolute atomic E-state index is 12.2. The molecule has 0 saturated carbocycles. The molecule has 0 fully saturated rings. The smallest absolute Gasteiger partial charge is 0.279 e. The lowest BCUT2D eigenvalue weighted by Gasteiger charge is -2.03. The van der Waals surface area contributed by atoms with E-state index in [4.69, 9.17) is 0 Å². The number of H-pyrrole nitrogens is 1. The molecule has 0 aliphatic carbocycles. The summed E-state index contributed by atoms with van der Waals surface area (Å²) in [6.45, 7) is 0. The van der Waals surface area contributed by atoms with Crippen LogP contribution in [0.2, 0.25) is 0 Å². The van der Waals surface area contributed by atoms with Crippen LogP contribution in [0.15, 0.2) is 59.4 Å². The topological polar surface area (TPSA) is 71.5 Å². The van der Waals surface area contributed by atoms with Crippen LogP contribution < -0.4 is 5.56 Å². The van der Waals surface area contributed by atoms with Crippen molar-refractivity contribution >= 4 is 22.2 Å². The molecule has 0 bridgehead atoms. The van der Waals surface area contributed by atoms with Crippen molar-refractivity contribution in [3.05, 3.63) is 65.0 Å². The number of fused-ring (bicyclic) bond motifs is 2. The summed E-state index contributed by atoms with van der Waals surface area (Å²) in [5.41, 5.74) is 2.58. The molecule has 21 heavy (non-hydrogen) atoms. The van der Waals surface area contributed by atoms with E-state index in [-0.39, 0.29) is 11.1 Å². The largest absolute Gasteiger partial charge is 0.305 e. The van der Waals surface area contributed by atoms with E-state index in [0.717, 1.165) is 11.1 Å². The van der Waals surface area contributed by atoms with Crippen molar-refractivity contribution in [1.82, 2.24) is 19.9 Å². The molecule has 2 aromatic heterocycles. The predicted molar refractivity (Wildman–Crippen MR) is 80.9 cm³/mol. The van der Waals surface area contributed by atoms with Crippen molar-refractivity contribution in [2.45, 2.75) is 0 Å². The van der Waals surface area contributed by atoms with Crippen molar-refractivity contribution in [3.63, 3.8) is 0 Å². The molecule has 2 aromatic carbocycles. The first-order chi connectivity index (χ1) is 10.3. The van der Waals surface area contributed by atoms with Crippen LogP contribution in [0.1, 0.15) is 0 Å². The van der Waals surface area contributed by atoms with Crippen LogP contribution in [-0.4, -0.2) is 19.9 Å². The van der Waals surface area contributed by atoms with Crippen LogP contribution in [0.5, 0.6) is 0 Å². The molecule has 0 aliphatic rings. The first-order valence-electron chi connectivity index (χ1n) is 6.53. The second-order valence-corrected chi connectivity index (χ2v) is 4.67. The Morgan fingerprint density at radius 2 is 1.43 bits per heavy atom. The first kappa shape index (κ1) is 11.7. The highest BCUT2D eigenvalue weighted by atomic mass is 16.1. The molecule has 0 aliphatic heterocycles. The molecular formula is C16H10N4O. The van der Waals surface area contributed by atoms with Crippen molar-refractivity contribution in [3.8, 4) is 11.4 Å². The average molecular weight is 274 g/mol. The van der Waals surface area contributed by atoms with Gasteiger partial charge in [-0.05, 0) is 12.1 Å². The van der Waals surface area contributed by atoms with E-state index in [1.165, 1.54) is 0 Å². The number of nitrogens with zero attached hydrogens (tertiary/aromatic N) is 3. The van der Waals surface area contributed by atoms with Crippen LogP contribution in [-0.2, 0) is 0 Å². The zero-order valence-electron chi connectivity index (χ0n) is 10.9. The molecule has 0 amide bonds. The Bertz CT molecular complexity index is 1010. The molecule has 0 atom stereocenters. The molecule has 0 spiro atoms. The van der Waals surface area contributed by atoms with Crippen molar-refractivity contribution < 1.29 is 0 Å². The number of hydrogen-bond acceptors (Lipinski definition) is 4. The minimum Gasteiger partial charge on any atom is -0.305 e. The Morgan fingerprint density at radius 1 is 0.762 bits per heavy atom. The number of rotatable bonds is 1. The van der Waals surface area contributed by atoms with Gasteiger partial charge in [0.1, 0.15) is 5.82 Å². The molecule has 4 aromatic rings. The number of hydrogen-bond donors (Lipinski definition) is 1. The summed E-state index contributed by atoms with van der Waals surface area (Å²) in [6, 6.07) is 16.9. The lowest BCUT2D eigenvalue weighted by atomic mass is 10.2. The summed E-state index contributed by atoms with van der Waals surface area (Å²) in [7, 11) is 0. The fraction of sp³-hybridized carbons (Fsp3) is 0. The lowest BCUT2D eigenvalue weighted by Crippen LogP contribution is -2.12. The molecule has 0 unspecified atom stereocenters. The normalized spacial score (nSPS) is 11.0. The molecule has 5 nitrogen and oxygen atoms in total. The Balaban J connectivity index is 2.05. The van der Waals surface area contributed by atoms with E-state index in [9.17, 15) is 4.79 Å². The lowest BCUT2D eigenvalue weighted by molar-refractivity contribution is 1.14. The molecule has 2 heterocycles. The van der Waals surface area contributed by atoms with Gasteiger partial charge >= 0.3 is 0 Å². The quantitative estimate of drug-likeness (QED) is 0.541. The maximum Gasteiger partial charge on any atom is 0.279 e. The molecule has 0 radical (unpaired) electrons. The third kappa shape index (κ3) is 1.95. The highest BCUT2D eigenvalue weighted by Gasteiger charge is 2.09. The van der Waals surface area contributed by atoms with Gasteiger partial charge in [0.05, 0.1) is 11.0 Å². The van der Waals surface area contributed by atoms with E-state index in [1.807, 2.05) is 54.6 Å². The summed E-state index contributed by atoms with van der Waals surface area (Å²) >= 11 is 0. The summed E-state index contributed by atoms with van der Waals surface area (Å²) in [6.07, 6.45) is 0. The number of benzene rings is 2. The van der Waals surface area contributed by atoms with E-state index >= 15 is 0 Å². The molecule has 5 heteroatoms. The average Bonchev–Trinajstić information content (AvgIpc) is 2.54. The Labute approximate surface area is 119 Å². The van der Waals surface area contributed by atoms with Crippen molar-refractivity contribution in [2.75, 3.05) is 0 Å². The summed E-state index contributed by atoms with van der Waals surface area (Å²) in [4.78, 5) is 28.2. The monoisotopic (exact) mass is 274 g/mol. The van der Waals surface area contributed by atoms with Crippen molar-refractivity contribution in [2.24, 2.45) is 0 Å².